The van der Waals surface area contributed by atoms with E-state index in [1.54, 1.807) is 29.2 Å². The van der Waals surface area contributed by atoms with Gasteiger partial charge in [-0.15, -0.1) is 0 Å². The van der Waals surface area contributed by atoms with E-state index in [1.165, 1.54) is 24.3 Å². The van der Waals surface area contributed by atoms with Crippen molar-refractivity contribution in [3.8, 4) is 0 Å². The van der Waals surface area contributed by atoms with E-state index in [0.29, 0.717) is 18.5 Å². The van der Waals surface area contributed by atoms with Gasteiger partial charge in [-0.05, 0) is 53.1 Å². The number of carbonyl (C=O) groups is 1. The zero-order chi connectivity index (χ0) is 24.8. The Labute approximate surface area is 208 Å². The molecule has 2 aliphatic heterocycles. The fraction of sp³-hybridized carbons (Fsp3) is 0.129. The smallest absolute Gasteiger partial charge is 0.257 e. The molecule has 4 aromatic rings. The summed E-state index contributed by atoms with van der Waals surface area (Å²) in [6.07, 6.45) is 4.30. The molecule has 0 N–H and O–H groups in total. The Morgan fingerprint density at radius 3 is 1.97 bits per heavy atom. The fourth-order valence-corrected chi connectivity index (χ4v) is 5.39. The maximum Gasteiger partial charge on any atom is 0.257 e. The van der Waals surface area contributed by atoms with E-state index in [0.717, 1.165) is 22.3 Å². The van der Waals surface area contributed by atoms with Crippen molar-refractivity contribution in [3.63, 3.8) is 0 Å². The highest BCUT2D eigenvalue weighted by molar-refractivity contribution is 6.00. The molecular weight excluding hydrogens is 456 g/mol. The van der Waals surface area contributed by atoms with Gasteiger partial charge in [0, 0.05) is 24.1 Å². The Morgan fingerprint density at radius 2 is 1.33 bits per heavy atom. The van der Waals surface area contributed by atoms with Crippen LogP contribution in [0.3, 0.4) is 0 Å². The summed E-state index contributed by atoms with van der Waals surface area (Å²) in [4.78, 5) is 15.3. The van der Waals surface area contributed by atoms with Gasteiger partial charge in [0.25, 0.3) is 5.91 Å². The summed E-state index contributed by atoms with van der Waals surface area (Å²) >= 11 is 0. The number of fused-ring (bicyclic) bond motifs is 3. The minimum Gasteiger partial charge on any atom is -0.331 e. The van der Waals surface area contributed by atoms with Crippen molar-refractivity contribution in [3.05, 3.63) is 149 Å². The first-order valence-electron chi connectivity index (χ1n) is 11.9. The molecule has 0 saturated carbocycles. The number of amides is 1. The second-order valence-corrected chi connectivity index (χ2v) is 9.14. The minimum atomic E-state index is -1.20. The Hall–Kier alpha value is -4.09. The van der Waals surface area contributed by atoms with E-state index in [1.807, 2.05) is 66.7 Å². The summed E-state index contributed by atoms with van der Waals surface area (Å²) < 4.78 is 35.0. The molecule has 4 aromatic carbocycles. The molecule has 1 fully saturated rings. The third kappa shape index (κ3) is 3.47. The van der Waals surface area contributed by atoms with Crippen LogP contribution in [0, 0.1) is 11.6 Å². The summed E-state index contributed by atoms with van der Waals surface area (Å²) in [6, 6.07) is 29.7. The Kier molecular flexibility index (Phi) is 5.31. The molecule has 0 aromatic heterocycles. The monoisotopic (exact) mass is 479 g/mol. The lowest BCUT2D eigenvalue weighted by molar-refractivity contribution is -0.215. The van der Waals surface area contributed by atoms with Gasteiger partial charge < -0.3 is 9.64 Å². The molecule has 1 atom stereocenters. The van der Waals surface area contributed by atoms with Crippen LogP contribution in [0.4, 0.5) is 8.78 Å². The SMILES string of the molecule is O=C1c2ccccc2[C@@]2(/C=C/c3ccccc3)OC(c3ccc(F)cc3)(c3ccc(F)cc3)CCN12. The van der Waals surface area contributed by atoms with Crippen LogP contribution >= 0.6 is 0 Å². The van der Waals surface area contributed by atoms with Crippen molar-refractivity contribution in [1.29, 1.82) is 0 Å². The molecule has 178 valence electrons. The molecule has 2 heterocycles. The first-order valence-corrected chi connectivity index (χ1v) is 11.9. The largest absolute Gasteiger partial charge is 0.331 e. The zero-order valence-corrected chi connectivity index (χ0v) is 19.4. The van der Waals surface area contributed by atoms with Crippen LogP contribution in [0.5, 0.6) is 0 Å². The van der Waals surface area contributed by atoms with Gasteiger partial charge in [0.15, 0.2) is 5.72 Å². The van der Waals surface area contributed by atoms with Gasteiger partial charge in [-0.1, -0.05) is 78.9 Å². The summed E-state index contributed by atoms with van der Waals surface area (Å²) in [6.45, 7) is 0.390. The van der Waals surface area contributed by atoms with Gasteiger partial charge in [0.2, 0.25) is 0 Å². The lowest BCUT2D eigenvalue weighted by Crippen LogP contribution is -2.56. The highest BCUT2D eigenvalue weighted by Crippen LogP contribution is 2.53. The Balaban J connectivity index is 1.58. The number of hydrogen-bond acceptors (Lipinski definition) is 2. The molecule has 6 rings (SSSR count). The highest BCUT2D eigenvalue weighted by atomic mass is 19.1. The number of benzene rings is 4. The Morgan fingerprint density at radius 1 is 0.750 bits per heavy atom. The number of hydrogen-bond donors (Lipinski definition) is 0. The average Bonchev–Trinajstić information content (AvgIpc) is 3.16. The number of rotatable bonds is 4. The van der Waals surface area contributed by atoms with Crippen LogP contribution in [-0.2, 0) is 16.1 Å². The fourth-order valence-electron chi connectivity index (χ4n) is 5.39. The quantitative estimate of drug-likeness (QED) is 0.328. The third-order valence-corrected chi connectivity index (χ3v) is 7.13. The van der Waals surface area contributed by atoms with Gasteiger partial charge in [-0.25, -0.2) is 8.78 Å². The van der Waals surface area contributed by atoms with E-state index in [2.05, 4.69) is 0 Å². The Bertz CT molecular complexity index is 1400. The first-order chi connectivity index (χ1) is 17.5. The van der Waals surface area contributed by atoms with Crippen LogP contribution in [0.1, 0.15) is 39.0 Å². The van der Waals surface area contributed by atoms with Crippen LogP contribution in [0.15, 0.2) is 109 Å². The molecule has 5 heteroatoms. The van der Waals surface area contributed by atoms with E-state index in [4.69, 9.17) is 4.74 Å². The molecule has 1 amide bonds. The topological polar surface area (TPSA) is 29.5 Å². The van der Waals surface area contributed by atoms with Gasteiger partial charge in [0.05, 0.1) is 0 Å². The summed E-state index contributed by atoms with van der Waals surface area (Å²) in [5.41, 5.74) is 1.52. The standard InChI is InChI=1S/C31H23F2NO2/c32-25-14-10-23(11-15-25)30(24-12-16-26(33)17-13-24)20-21-34-29(35)27-8-4-5-9-28(27)31(34,36-30)19-18-22-6-2-1-3-7-22/h1-19H,20-21H2/b19-18+/t31-/m1/s1. The number of nitrogens with zero attached hydrogens (tertiary/aromatic N) is 1. The molecule has 0 bridgehead atoms. The maximum atomic E-state index is 13.9. The van der Waals surface area contributed by atoms with Crippen molar-refractivity contribution >= 4 is 12.0 Å². The maximum absolute atomic E-state index is 13.9. The number of ether oxygens (including phenoxy) is 1. The molecule has 2 aliphatic rings. The number of halogens is 2. The molecule has 0 aliphatic carbocycles. The van der Waals surface area contributed by atoms with Gasteiger partial charge in [-0.2, -0.15) is 0 Å². The normalized spacial score (nSPS) is 20.4. The summed E-state index contributed by atoms with van der Waals surface area (Å²) in [5.74, 6) is -0.814. The average molecular weight is 480 g/mol. The summed E-state index contributed by atoms with van der Waals surface area (Å²) in [7, 11) is 0. The van der Waals surface area contributed by atoms with Crippen LogP contribution in [0.25, 0.3) is 6.08 Å². The van der Waals surface area contributed by atoms with Crippen LogP contribution in [0.2, 0.25) is 0 Å². The molecule has 3 nitrogen and oxygen atoms in total. The van der Waals surface area contributed by atoms with E-state index >= 15 is 0 Å². The van der Waals surface area contributed by atoms with Gasteiger partial charge in [0.1, 0.15) is 17.2 Å². The van der Waals surface area contributed by atoms with Gasteiger partial charge >= 0.3 is 0 Å². The number of carbonyl (C=O) groups excluding carboxylic acids is 1. The minimum absolute atomic E-state index is 0.102. The highest BCUT2D eigenvalue weighted by Gasteiger charge is 2.57. The first kappa shape index (κ1) is 22.4. The molecule has 0 radical (unpaired) electrons. The van der Waals surface area contributed by atoms with Crippen LogP contribution < -0.4 is 0 Å². The predicted molar refractivity (Wildman–Crippen MR) is 134 cm³/mol. The van der Waals surface area contributed by atoms with Crippen molar-refractivity contribution in [2.24, 2.45) is 0 Å². The van der Waals surface area contributed by atoms with Crippen molar-refractivity contribution in [2.75, 3.05) is 6.54 Å². The second-order valence-electron chi connectivity index (χ2n) is 9.14. The molecule has 0 unspecified atom stereocenters. The lowest BCUT2D eigenvalue weighted by atomic mass is 9.80. The molecule has 36 heavy (non-hydrogen) atoms. The van der Waals surface area contributed by atoms with Crippen LogP contribution in [-0.4, -0.2) is 17.4 Å². The molecule has 0 spiro atoms. The lowest BCUT2D eigenvalue weighted by Gasteiger charge is -2.51. The molecule has 1 saturated heterocycles. The van der Waals surface area contributed by atoms with Crippen molar-refractivity contribution in [1.82, 2.24) is 4.90 Å². The summed E-state index contributed by atoms with van der Waals surface area (Å²) in [5, 5.41) is 0. The van der Waals surface area contributed by atoms with Crippen molar-refractivity contribution < 1.29 is 18.3 Å². The molecular formula is C31H23F2NO2. The second kappa shape index (κ2) is 8.54. The van der Waals surface area contributed by atoms with E-state index < -0.39 is 11.3 Å². The third-order valence-electron chi connectivity index (χ3n) is 7.13. The van der Waals surface area contributed by atoms with E-state index in [9.17, 15) is 13.6 Å². The van der Waals surface area contributed by atoms with Gasteiger partial charge in [-0.3, -0.25) is 4.79 Å². The zero-order valence-electron chi connectivity index (χ0n) is 19.4. The van der Waals surface area contributed by atoms with E-state index in [-0.39, 0.29) is 17.5 Å². The predicted octanol–water partition coefficient (Wildman–Crippen LogP) is 6.65. The van der Waals surface area contributed by atoms with Crippen molar-refractivity contribution in [2.45, 2.75) is 17.7 Å².